The van der Waals surface area contributed by atoms with E-state index in [1.807, 2.05) is 13.8 Å². The van der Waals surface area contributed by atoms with Crippen LogP contribution in [0.25, 0.3) is 0 Å². The molecule has 4 N–H and O–H groups in total. The zero-order valence-corrected chi connectivity index (χ0v) is 11.6. The molecule has 0 radical (unpaired) electrons. The van der Waals surface area contributed by atoms with Crippen molar-refractivity contribution in [2.45, 2.75) is 53.0 Å². The number of rotatable bonds is 8. The van der Waals surface area contributed by atoms with E-state index in [0.717, 1.165) is 19.3 Å². The summed E-state index contributed by atoms with van der Waals surface area (Å²) in [6.07, 6.45) is 2.56. The van der Waals surface area contributed by atoms with Crippen molar-refractivity contribution in [2.75, 3.05) is 13.2 Å². The lowest BCUT2D eigenvalue weighted by Gasteiger charge is -2.26. The van der Waals surface area contributed by atoms with Gasteiger partial charge in [-0.3, -0.25) is 4.79 Å². The van der Waals surface area contributed by atoms with Crippen molar-refractivity contribution >= 4 is 5.91 Å². The predicted octanol–water partition coefficient (Wildman–Crippen LogP) is 1.27. The number of hydrogen-bond acceptors (Lipinski definition) is 3. The van der Waals surface area contributed by atoms with Crippen LogP contribution in [0, 0.1) is 11.3 Å². The van der Waals surface area contributed by atoms with Gasteiger partial charge in [-0.25, -0.2) is 0 Å². The fourth-order valence-corrected chi connectivity index (χ4v) is 1.60. The first-order valence-electron chi connectivity index (χ1n) is 6.48. The van der Waals surface area contributed by atoms with Crippen LogP contribution in [-0.4, -0.2) is 30.2 Å². The Bertz CT molecular complexity index is 229. The predicted molar refractivity (Wildman–Crippen MR) is 70.5 cm³/mol. The van der Waals surface area contributed by atoms with Gasteiger partial charge in [-0.15, -0.1) is 0 Å². The van der Waals surface area contributed by atoms with Crippen LogP contribution in [0.2, 0.25) is 0 Å². The lowest BCUT2D eigenvalue weighted by molar-refractivity contribution is -0.123. The number of hydrogen-bond donors (Lipinski definition) is 3. The van der Waals surface area contributed by atoms with Crippen molar-refractivity contribution in [3.05, 3.63) is 0 Å². The molecule has 1 amide bonds. The van der Waals surface area contributed by atoms with E-state index in [-0.39, 0.29) is 23.8 Å². The van der Waals surface area contributed by atoms with Gasteiger partial charge >= 0.3 is 0 Å². The summed E-state index contributed by atoms with van der Waals surface area (Å²) in [4.78, 5) is 11.8. The SMILES string of the molecule is CCC(C)C(N)C(=O)NCC(C)(C)CCCO. The second kappa shape index (κ2) is 7.67. The van der Waals surface area contributed by atoms with Crippen molar-refractivity contribution in [3.63, 3.8) is 0 Å². The number of aliphatic hydroxyl groups excluding tert-OH is 1. The second-order valence-electron chi connectivity index (χ2n) is 5.62. The van der Waals surface area contributed by atoms with Crippen molar-refractivity contribution < 1.29 is 9.90 Å². The average molecular weight is 244 g/mol. The minimum atomic E-state index is -0.423. The molecular formula is C13H28N2O2. The molecule has 0 aromatic rings. The Kier molecular flexibility index (Phi) is 7.39. The van der Waals surface area contributed by atoms with Gasteiger partial charge in [-0.05, 0) is 24.2 Å². The molecule has 2 atom stereocenters. The third kappa shape index (κ3) is 6.64. The Morgan fingerprint density at radius 1 is 1.47 bits per heavy atom. The normalized spacial score (nSPS) is 15.4. The number of aliphatic hydroxyl groups is 1. The molecule has 2 unspecified atom stereocenters. The summed E-state index contributed by atoms with van der Waals surface area (Å²) >= 11 is 0. The highest BCUT2D eigenvalue weighted by Gasteiger charge is 2.23. The molecular weight excluding hydrogens is 216 g/mol. The molecule has 0 fully saturated rings. The zero-order chi connectivity index (χ0) is 13.5. The first-order chi connectivity index (χ1) is 7.84. The fraction of sp³-hybridized carbons (Fsp3) is 0.923. The summed E-state index contributed by atoms with van der Waals surface area (Å²) in [6, 6.07) is -0.423. The maximum atomic E-state index is 11.8. The molecule has 0 spiro atoms. The maximum Gasteiger partial charge on any atom is 0.237 e. The van der Waals surface area contributed by atoms with Crippen LogP contribution < -0.4 is 11.1 Å². The molecule has 0 aliphatic carbocycles. The van der Waals surface area contributed by atoms with Crippen LogP contribution in [0.1, 0.15) is 47.0 Å². The van der Waals surface area contributed by atoms with Gasteiger partial charge < -0.3 is 16.2 Å². The summed E-state index contributed by atoms with van der Waals surface area (Å²) in [7, 11) is 0. The molecule has 102 valence electrons. The molecule has 0 aromatic carbocycles. The summed E-state index contributed by atoms with van der Waals surface area (Å²) in [6.45, 7) is 8.99. The largest absolute Gasteiger partial charge is 0.396 e. The molecule has 0 saturated heterocycles. The van der Waals surface area contributed by atoms with Crippen LogP contribution in [0.5, 0.6) is 0 Å². The Balaban J connectivity index is 4.05. The smallest absolute Gasteiger partial charge is 0.237 e. The molecule has 0 heterocycles. The van der Waals surface area contributed by atoms with Crippen molar-refractivity contribution in [2.24, 2.45) is 17.1 Å². The van der Waals surface area contributed by atoms with E-state index < -0.39 is 6.04 Å². The monoisotopic (exact) mass is 244 g/mol. The van der Waals surface area contributed by atoms with Gasteiger partial charge in [0.25, 0.3) is 0 Å². The highest BCUT2D eigenvalue weighted by Crippen LogP contribution is 2.20. The molecule has 0 rings (SSSR count). The zero-order valence-electron chi connectivity index (χ0n) is 11.6. The standard InChI is InChI=1S/C13H28N2O2/c1-5-10(2)11(14)12(17)15-9-13(3,4)7-6-8-16/h10-11,16H,5-9,14H2,1-4H3,(H,15,17). The van der Waals surface area contributed by atoms with Crippen molar-refractivity contribution in [3.8, 4) is 0 Å². The minimum Gasteiger partial charge on any atom is -0.396 e. The van der Waals surface area contributed by atoms with Gasteiger partial charge in [0.05, 0.1) is 6.04 Å². The van der Waals surface area contributed by atoms with Crippen LogP contribution in [0.15, 0.2) is 0 Å². The number of nitrogens with two attached hydrogens (primary N) is 1. The third-order valence-electron chi connectivity index (χ3n) is 3.31. The quantitative estimate of drug-likeness (QED) is 0.602. The molecule has 4 heteroatoms. The molecule has 17 heavy (non-hydrogen) atoms. The van der Waals surface area contributed by atoms with E-state index in [1.54, 1.807) is 0 Å². The Morgan fingerprint density at radius 2 is 2.06 bits per heavy atom. The molecule has 0 aromatic heterocycles. The summed E-state index contributed by atoms with van der Waals surface area (Å²) in [5.41, 5.74) is 5.86. The lowest BCUT2D eigenvalue weighted by Crippen LogP contribution is -2.47. The number of amides is 1. The highest BCUT2D eigenvalue weighted by molar-refractivity contribution is 5.81. The summed E-state index contributed by atoms with van der Waals surface area (Å²) < 4.78 is 0. The molecule has 0 bridgehead atoms. The van der Waals surface area contributed by atoms with Gasteiger partial charge in [-0.1, -0.05) is 34.1 Å². The second-order valence-corrected chi connectivity index (χ2v) is 5.62. The van der Waals surface area contributed by atoms with Crippen LogP contribution in [-0.2, 0) is 4.79 Å². The van der Waals surface area contributed by atoms with Crippen LogP contribution >= 0.6 is 0 Å². The fourth-order valence-electron chi connectivity index (χ4n) is 1.60. The highest BCUT2D eigenvalue weighted by atomic mass is 16.2. The molecule has 4 nitrogen and oxygen atoms in total. The summed E-state index contributed by atoms with van der Waals surface area (Å²) in [5.74, 6) is 0.131. The Hall–Kier alpha value is -0.610. The lowest BCUT2D eigenvalue weighted by atomic mass is 9.87. The van der Waals surface area contributed by atoms with E-state index >= 15 is 0 Å². The minimum absolute atomic E-state index is 0.00750. The van der Waals surface area contributed by atoms with Crippen LogP contribution in [0.4, 0.5) is 0 Å². The van der Waals surface area contributed by atoms with E-state index in [1.165, 1.54) is 0 Å². The van der Waals surface area contributed by atoms with Gasteiger partial charge in [0, 0.05) is 13.2 Å². The third-order valence-corrected chi connectivity index (χ3v) is 3.31. The maximum absolute atomic E-state index is 11.8. The topological polar surface area (TPSA) is 75.4 Å². The van der Waals surface area contributed by atoms with Crippen molar-refractivity contribution in [1.82, 2.24) is 5.32 Å². The average Bonchev–Trinajstić information content (AvgIpc) is 2.31. The van der Waals surface area contributed by atoms with Crippen LogP contribution in [0.3, 0.4) is 0 Å². The van der Waals surface area contributed by atoms with Gasteiger partial charge in [0.1, 0.15) is 0 Å². The number of nitrogens with one attached hydrogen (secondary N) is 1. The number of carbonyl (C=O) groups is 1. The Labute approximate surface area is 105 Å². The van der Waals surface area contributed by atoms with Gasteiger partial charge in [0.15, 0.2) is 0 Å². The van der Waals surface area contributed by atoms with Gasteiger partial charge in [0.2, 0.25) is 5.91 Å². The van der Waals surface area contributed by atoms with Crippen molar-refractivity contribution in [1.29, 1.82) is 0 Å². The molecule has 0 saturated carbocycles. The number of carbonyl (C=O) groups excluding carboxylic acids is 1. The molecule has 0 aliphatic heterocycles. The van der Waals surface area contributed by atoms with E-state index in [9.17, 15) is 4.79 Å². The molecule has 0 aliphatic rings. The Morgan fingerprint density at radius 3 is 2.53 bits per heavy atom. The van der Waals surface area contributed by atoms with Gasteiger partial charge in [-0.2, -0.15) is 0 Å². The van der Waals surface area contributed by atoms with E-state index in [0.29, 0.717) is 6.54 Å². The first kappa shape index (κ1) is 16.4. The first-order valence-corrected chi connectivity index (χ1v) is 6.48. The van der Waals surface area contributed by atoms with E-state index in [4.69, 9.17) is 10.8 Å². The van der Waals surface area contributed by atoms with E-state index in [2.05, 4.69) is 19.2 Å². The summed E-state index contributed by atoms with van der Waals surface area (Å²) in [5, 5.41) is 11.7.